The molecule has 1 amide bonds. The van der Waals surface area contributed by atoms with E-state index in [1.54, 1.807) is 0 Å². The van der Waals surface area contributed by atoms with E-state index in [4.69, 9.17) is 5.73 Å². The lowest BCUT2D eigenvalue weighted by molar-refractivity contribution is -0.129. The molecule has 0 heterocycles. The van der Waals surface area contributed by atoms with Gasteiger partial charge in [-0.3, -0.25) is 4.79 Å². The number of carbonyl (C=O) groups excluding carboxylic acids is 1. The van der Waals surface area contributed by atoms with Crippen molar-refractivity contribution in [3.63, 3.8) is 0 Å². The molecule has 0 aliphatic carbocycles. The average Bonchev–Trinajstić information content (AvgIpc) is 2.74. The molecule has 0 aliphatic heterocycles. The topological polar surface area (TPSA) is 46.3 Å². The Morgan fingerprint density at radius 2 is 0.793 bits per heavy atom. The largest absolute Gasteiger partial charge is 0.342 e. The second-order valence-corrected chi connectivity index (χ2v) is 8.95. The predicted molar refractivity (Wildman–Crippen MR) is 129 cm³/mol. The molecule has 0 unspecified atom stereocenters. The van der Waals surface area contributed by atoms with Gasteiger partial charge in [-0.15, -0.1) is 0 Å². The Balaban J connectivity index is 3.59. The smallest absolute Gasteiger partial charge is 0.236 e. The number of carbonyl (C=O) groups is 1. The molecule has 0 aliphatic rings. The van der Waals surface area contributed by atoms with Gasteiger partial charge in [0, 0.05) is 13.1 Å². The summed E-state index contributed by atoms with van der Waals surface area (Å²) in [5.74, 6) is 0.136. The van der Waals surface area contributed by atoms with Gasteiger partial charge in [-0.25, -0.2) is 0 Å². The first-order valence-corrected chi connectivity index (χ1v) is 13.2. The Kier molecular flexibility index (Phi) is 23.2. The van der Waals surface area contributed by atoms with Crippen molar-refractivity contribution in [1.29, 1.82) is 0 Å². The first kappa shape index (κ1) is 28.4. The number of hydrogen-bond donors (Lipinski definition) is 1. The van der Waals surface area contributed by atoms with Gasteiger partial charge in [-0.05, 0) is 12.8 Å². The molecule has 0 saturated heterocycles. The Morgan fingerprint density at radius 3 is 1.07 bits per heavy atom. The number of nitrogens with two attached hydrogens (primary N) is 1. The summed E-state index contributed by atoms with van der Waals surface area (Å²) >= 11 is 0. The van der Waals surface area contributed by atoms with E-state index < -0.39 is 0 Å². The molecule has 0 aromatic heterocycles. The summed E-state index contributed by atoms with van der Waals surface area (Å²) in [6.45, 7) is 6.52. The molecule has 3 nitrogen and oxygen atoms in total. The monoisotopic (exact) mass is 410 g/mol. The third kappa shape index (κ3) is 20.5. The van der Waals surface area contributed by atoms with Gasteiger partial charge in [0.15, 0.2) is 0 Å². The van der Waals surface area contributed by atoms with E-state index in [1.165, 1.54) is 116 Å². The predicted octanol–water partition coefficient (Wildman–Crippen LogP) is 7.62. The minimum atomic E-state index is 0.136. The van der Waals surface area contributed by atoms with Crippen molar-refractivity contribution in [3.05, 3.63) is 0 Å². The number of nitrogens with zero attached hydrogens (tertiary/aromatic N) is 1. The highest BCUT2D eigenvalue weighted by Gasteiger charge is 2.10. The molecular weight excluding hydrogens is 356 g/mol. The molecular formula is C26H54N2O. The summed E-state index contributed by atoms with van der Waals surface area (Å²) in [5.41, 5.74) is 5.62. The van der Waals surface area contributed by atoms with E-state index in [-0.39, 0.29) is 12.5 Å². The molecule has 0 saturated carbocycles. The molecule has 0 bridgehead atoms. The summed E-state index contributed by atoms with van der Waals surface area (Å²) in [5, 5.41) is 0. The van der Waals surface area contributed by atoms with Gasteiger partial charge < -0.3 is 10.6 Å². The van der Waals surface area contributed by atoms with E-state index >= 15 is 0 Å². The summed E-state index contributed by atoms with van der Waals surface area (Å²) in [6, 6.07) is 0. The first-order chi connectivity index (χ1) is 14.3. The summed E-state index contributed by atoms with van der Waals surface area (Å²) in [7, 11) is 0. The fourth-order valence-corrected chi connectivity index (χ4v) is 4.07. The molecule has 174 valence electrons. The van der Waals surface area contributed by atoms with Crippen LogP contribution < -0.4 is 5.73 Å². The van der Waals surface area contributed by atoms with Gasteiger partial charge in [0.2, 0.25) is 5.91 Å². The molecule has 0 spiro atoms. The number of amides is 1. The fourth-order valence-electron chi connectivity index (χ4n) is 4.07. The van der Waals surface area contributed by atoms with Crippen LogP contribution in [0.15, 0.2) is 0 Å². The lowest BCUT2D eigenvalue weighted by atomic mass is 10.1. The number of unbranched alkanes of at least 4 members (excludes halogenated alkanes) is 18. The standard InChI is InChI=1S/C26H54N2O/c1-3-5-7-9-11-13-15-17-19-21-23-28(26(29)25-27)24-22-20-18-16-14-12-10-8-6-4-2/h3-25,27H2,1-2H3. The first-order valence-electron chi connectivity index (χ1n) is 13.2. The van der Waals surface area contributed by atoms with Crippen LogP contribution in [0, 0.1) is 0 Å². The minimum absolute atomic E-state index is 0.136. The van der Waals surface area contributed by atoms with Crippen LogP contribution in [0.4, 0.5) is 0 Å². The minimum Gasteiger partial charge on any atom is -0.342 e. The summed E-state index contributed by atoms with van der Waals surface area (Å²) < 4.78 is 0. The van der Waals surface area contributed by atoms with Crippen LogP contribution in [0.5, 0.6) is 0 Å². The quantitative estimate of drug-likeness (QED) is 0.176. The third-order valence-electron chi connectivity index (χ3n) is 6.09. The molecule has 0 radical (unpaired) electrons. The summed E-state index contributed by atoms with van der Waals surface area (Å²) in [4.78, 5) is 14.1. The maximum absolute atomic E-state index is 12.1. The van der Waals surface area contributed by atoms with E-state index in [0.717, 1.165) is 25.9 Å². The zero-order valence-corrected chi connectivity index (χ0v) is 20.2. The normalized spacial score (nSPS) is 11.1. The van der Waals surface area contributed by atoms with Crippen molar-refractivity contribution >= 4 is 5.91 Å². The summed E-state index contributed by atoms with van der Waals surface area (Å²) in [6.07, 6.45) is 26.8. The van der Waals surface area contributed by atoms with Gasteiger partial charge >= 0.3 is 0 Å². The van der Waals surface area contributed by atoms with Crippen LogP contribution >= 0.6 is 0 Å². The molecule has 3 heteroatoms. The maximum atomic E-state index is 12.1. The number of rotatable bonds is 23. The van der Waals surface area contributed by atoms with Crippen molar-refractivity contribution in [2.45, 2.75) is 142 Å². The van der Waals surface area contributed by atoms with Crippen molar-refractivity contribution in [2.75, 3.05) is 19.6 Å². The molecule has 0 aromatic carbocycles. The second kappa shape index (κ2) is 23.7. The highest BCUT2D eigenvalue weighted by molar-refractivity contribution is 5.77. The Morgan fingerprint density at radius 1 is 0.517 bits per heavy atom. The fraction of sp³-hybridized carbons (Fsp3) is 0.962. The van der Waals surface area contributed by atoms with Gasteiger partial charge in [-0.2, -0.15) is 0 Å². The van der Waals surface area contributed by atoms with E-state index in [1.807, 2.05) is 4.90 Å². The molecule has 0 rings (SSSR count). The highest BCUT2D eigenvalue weighted by Crippen LogP contribution is 2.13. The molecule has 0 fully saturated rings. The van der Waals surface area contributed by atoms with Crippen LogP contribution in [-0.2, 0) is 4.79 Å². The van der Waals surface area contributed by atoms with Gasteiger partial charge in [0.25, 0.3) is 0 Å². The number of hydrogen-bond acceptors (Lipinski definition) is 2. The van der Waals surface area contributed by atoms with Crippen molar-refractivity contribution in [3.8, 4) is 0 Å². The van der Waals surface area contributed by atoms with E-state index in [0.29, 0.717) is 0 Å². The SMILES string of the molecule is CCCCCCCCCCCCN(CCCCCCCCCCCC)C(=O)CN. The van der Waals surface area contributed by atoms with Crippen LogP contribution in [0.1, 0.15) is 142 Å². The zero-order valence-electron chi connectivity index (χ0n) is 20.2. The van der Waals surface area contributed by atoms with Gasteiger partial charge in [-0.1, -0.05) is 129 Å². The average molecular weight is 411 g/mol. The lowest BCUT2D eigenvalue weighted by Crippen LogP contribution is -2.37. The van der Waals surface area contributed by atoms with Gasteiger partial charge in [0.1, 0.15) is 0 Å². The van der Waals surface area contributed by atoms with Crippen molar-refractivity contribution < 1.29 is 4.79 Å². The van der Waals surface area contributed by atoms with Gasteiger partial charge in [0.05, 0.1) is 6.54 Å². The molecule has 29 heavy (non-hydrogen) atoms. The van der Waals surface area contributed by atoms with E-state index in [2.05, 4.69) is 13.8 Å². The van der Waals surface area contributed by atoms with Crippen molar-refractivity contribution in [2.24, 2.45) is 5.73 Å². The van der Waals surface area contributed by atoms with E-state index in [9.17, 15) is 4.79 Å². The lowest BCUT2D eigenvalue weighted by Gasteiger charge is -2.22. The van der Waals surface area contributed by atoms with Crippen LogP contribution in [0.3, 0.4) is 0 Å². The zero-order chi connectivity index (χ0) is 21.4. The van der Waals surface area contributed by atoms with Crippen molar-refractivity contribution in [1.82, 2.24) is 4.90 Å². The Hall–Kier alpha value is -0.570. The second-order valence-electron chi connectivity index (χ2n) is 8.95. The Bertz CT molecular complexity index is 309. The van der Waals surface area contributed by atoms with Crippen LogP contribution in [-0.4, -0.2) is 30.4 Å². The third-order valence-corrected chi connectivity index (χ3v) is 6.09. The molecule has 0 atom stereocenters. The highest BCUT2D eigenvalue weighted by atomic mass is 16.2. The van der Waals surface area contributed by atoms with Crippen LogP contribution in [0.2, 0.25) is 0 Å². The van der Waals surface area contributed by atoms with Crippen LogP contribution in [0.25, 0.3) is 0 Å². The maximum Gasteiger partial charge on any atom is 0.236 e. The molecule has 0 aromatic rings. The Labute approximate surface area is 183 Å². The molecule has 2 N–H and O–H groups in total.